The molecule has 2 amide bonds. The summed E-state index contributed by atoms with van der Waals surface area (Å²) in [7, 11) is 0. The average molecular weight is 793 g/mol. The highest BCUT2D eigenvalue weighted by Gasteiger charge is 2.65. The summed E-state index contributed by atoms with van der Waals surface area (Å²) in [6.45, 7) is 8.91. The van der Waals surface area contributed by atoms with Crippen molar-refractivity contribution in [3.63, 3.8) is 0 Å². The van der Waals surface area contributed by atoms with E-state index >= 15 is 0 Å². The number of esters is 2. The summed E-state index contributed by atoms with van der Waals surface area (Å²) in [4.78, 5) is 71.7. The van der Waals surface area contributed by atoms with Crippen LogP contribution < -0.4 is 9.47 Å². The monoisotopic (exact) mass is 792 g/mol. The van der Waals surface area contributed by atoms with Crippen molar-refractivity contribution in [3.05, 3.63) is 120 Å². The Morgan fingerprint density at radius 2 is 0.948 bits per heavy atom. The van der Waals surface area contributed by atoms with Crippen molar-refractivity contribution in [1.82, 2.24) is 9.80 Å². The Morgan fingerprint density at radius 3 is 1.33 bits per heavy atom. The Kier molecular flexibility index (Phi) is 14.7. The van der Waals surface area contributed by atoms with E-state index in [-0.39, 0.29) is 32.6 Å². The molecule has 12 nitrogen and oxygen atoms in total. The van der Waals surface area contributed by atoms with E-state index in [1.165, 1.54) is 18.7 Å². The lowest BCUT2D eigenvalue weighted by Gasteiger charge is -2.49. The van der Waals surface area contributed by atoms with Crippen LogP contribution in [0, 0.1) is 23.7 Å². The number of aliphatic carboxylic acids is 1. The summed E-state index contributed by atoms with van der Waals surface area (Å²) in [6.07, 6.45) is 1.12. The van der Waals surface area contributed by atoms with Gasteiger partial charge in [0.25, 0.3) is 5.79 Å². The first-order valence-corrected chi connectivity index (χ1v) is 19.7. The third-order valence-corrected chi connectivity index (χ3v) is 9.83. The fraction of sp³-hybridized carbons (Fsp3) is 0.370. The minimum absolute atomic E-state index is 0.0151. The van der Waals surface area contributed by atoms with Crippen LogP contribution in [0.4, 0.5) is 0 Å². The maximum Gasteiger partial charge on any atom is 0.313 e. The number of carbonyl (C=O) groups is 5. The highest BCUT2D eigenvalue weighted by atomic mass is 16.7. The van der Waals surface area contributed by atoms with Gasteiger partial charge in [-0.2, -0.15) is 0 Å². The van der Waals surface area contributed by atoms with Gasteiger partial charge in [-0.05, 0) is 72.5 Å². The number of hydrogen-bond donors (Lipinski definition) is 1. The van der Waals surface area contributed by atoms with Gasteiger partial charge in [0, 0.05) is 46.4 Å². The quantitative estimate of drug-likeness (QED) is 0.0727. The molecule has 4 atom stereocenters. The van der Waals surface area contributed by atoms with E-state index in [1.54, 1.807) is 36.1 Å². The van der Waals surface area contributed by atoms with Gasteiger partial charge in [-0.1, -0.05) is 81.4 Å². The molecule has 1 N–H and O–H groups in total. The zero-order chi connectivity index (χ0) is 41.8. The van der Waals surface area contributed by atoms with Crippen molar-refractivity contribution < 1.29 is 48.0 Å². The standard InChI is InChI=1S/C46H52N2O10/c1-6-27-47(29-31-19-23-35(24-20-31)55-33-15-11-9-12-16-33)42(50)38-39(41(40(38)44(52)53)45(54)58-46(4,5)57-37(49)8-3)43(51)48(28-7-2)30-32-21-25-36(26-22-32)56-34-17-13-10-14-18-34/h9-26,38-41H,6-8,27-30H2,1-5H3,(H,52,53)/t38-,39-,40-,41-/m0/s1. The van der Waals surface area contributed by atoms with Crippen LogP contribution in [0.1, 0.15) is 65.0 Å². The van der Waals surface area contributed by atoms with E-state index in [4.69, 9.17) is 18.9 Å². The van der Waals surface area contributed by atoms with E-state index in [9.17, 15) is 29.1 Å². The minimum atomic E-state index is -1.76. The van der Waals surface area contributed by atoms with Crippen molar-refractivity contribution in [3.8, 4) is 23.0 Å². The molecule has 5 rings (SSSR count). The first kappa shape index (κ1) is 43.0. The highest BCUT2D eigenvalue weighted by molar-refractivity contribution is 6.00. The van der Waals surface area contributed by atoms with Gasteiger partial charge < -0.3 is 33.9 Å². The SMILES string of the molecule is CCCN(Cc1ccc(Oc2ccccc2)cc1)C(=O)[C@@H]1[C@H](C(=O)O)[C@@H](C(=O)OC(C)(C)OC(=O)CC)[C@H]1C(=O)N(CCC)Cc1ccc(Oc2ccccc2)cc1. The number of carbonyl (C=O) groups excluding carboxylic acids is 4. The molecular weight excluding hydrogens is 741 g/mol. The molecular formula is C46H52N2O10. The third kappa shape index (κ3) is 11.0. The van der Waals surface area contributed by atoms with Crippen molar-refractivity contribution in [2.24, 2.45) is 23.7 Å². The molecule has 1 saturated carbocycles. The molecule has 1 fully saturated rings. The number of nitrogens with zero attached hydrogens (tertiary/aromatic N) is 2. The van der Waals surface area contributed by atoms with Gasteiger partial charge in [0.05, 0.1) is 23.7 Å². The molecule has 0 unspecified atom stereocenters. The fourth-order valence-electron chi connectivity index (χ4n) is 7.15. The number of carboxylic acids is 1. The lowest BCUT2D eigenvalue weighted by atomic mass is 9.55. The van der Waals surface area contributed by atoms with E-state index < -0.39 is 59.2 Å². The lowest BCUT2D eigenvalue weighted by Crippen LogP contribution is -2.65. The molecule has 58 heavy (non-hydrogen) atoms. The van der Waals surface area contributed by atoms with Crippen molar-refractivity contribution in [2.75, 3.05) is 13.1 Å². The molecule has 0 bridgehead atoms. The minimum Gasteiger partial charge on any atom is -0.481 e. The topological polar surface area (TPSA) is 149 Å². The van der Waals surface area contributed by atoms with E-state index in [2.05, 4.69) is 0 Å². The molecule has 1 aliphatic carbocycles. The van der Waals surface area contributed by atoms with Crippen molar-refractivity contribution in [1.29, 1.82) is 0 Å². The summed E-state index contributed by atoms with van der Waals surface area (Å²) >= 11 is 0. The van der Waals surface area contributed by atoms with Crippen LogP contribution in [0.5, 0.6) is 23.0 Å². The summed E-state index contributed by atoms with van der Waals surface area (Å²) in [5, 5.41) is 10.6. The second-order valence-electron chi connectivity index (χ2n) is 14.7. The van der Waals surface area contributed by atoms with E-state index in [1.807, 2.05) is 98.8 Å². The number of ether oxygens (including phenoxy) is 4. The normalized spacial score (nSPS) is 17.3. The van der Waals surface area contributed by atoms with Crippen LogP contribution in [-0.4, -0.2) is 63.5 Å². The third-order valence-electron chi connectivity index (χ3n) is 9.83. The number of rotatable bonds is 19. The zero-order valence-corrected chi connectivity index (χ0v) is 33.7. The largest absolute Gasteiger partial charge is 0.481 e. The summed E-state index contributed by atoms with van der Waals surface area (Å²) in [5.41, 5.74) is 1.53. The van der Waals surface area contributed by atoms with Crippen LogP contribution in [0.15, 0.2) is 109 Å². The maximum absolute atomic E-state index is 14.8. The number of para-hydroxylation sites is 2. The molecule has 0 aromatic heterocycles. The first-order chi connectivity index (χ1) is 27.8. The van der Waals surface area contributed by atoms with Crippen molar-refractivity contribution >= 4 is 29.7 Å². The Morgan fingerprint density at radius 1 is 0.552 bits per heavy atom. The van der Waals surface area contributed by atoms with Gasteiger partial charge in [-0.3, -0.25) is 24.0 Å². The smallest absolute Gasteiger partial charge is 0.313 e. The van der Waals surface area contributed by atoms with Gasteiger partial charge in [0.15, 0.2) is 0 Å². The predicted molar refractivity (Wildman–Crippen MR) is 215 cm³/mol. The predicted octanol–water partition coefficient (Wildman–Crippen LogP) is 8.24. The number of benzene rings is 4. The lowest BCUT2D eigenvalue weighted by molar-refractivity contribution is -0.229. The molecule has 0 heterocycles. The maximum atomic E-state index is 14.8. The Hall–Kier alpha value is -6.17. The highest BCUT2D eigenvalue weighted by Crippen LogP contribution is 2.50. The molecule has 0 aliphatic heterocycles. The molecule has 0 radical (unpaired) electrons. The molecule has 0 saturated heterocycles. The molecule has 1 aliphatic rings. The van der Waals surface area contributed by atoms with Gasteiger partial charge in [-0.15, -0.1) is 0 Å². The molecule has 306 valence electrons. The van der Waals surface area contributed by atoms with Crippen LogP contribution in [0.2, 0.25) is 0 Å². The first-order valence-electron chi connectivity index (χ1n) is 19.7. The average Bonchev–Trinajstić information content (AvgIpc) is 3.18. The molecule has 4 aromatic rings. The molecule has 12 heteroatoms. The molecule has 4 aromatic carbocycles. The number of hydrogen-bond acceptors (Lipinski definition) is 9. The fourth-order valence-corrected chi connectivity index (χ4v) is 7.15. The summed E-state index contributed by atoms with van der Waals surface area (Å²) in [6, 6.07) is 33.1. The van der Waals surface area contributed by atoms with Gasteiger partial charge >= 0.3 is 17.9 Å². The zero-order valence-electron chi connectivity index (χ0n) is 33.7. The Balaban J connectivity index is 1.43. The second kappa shape index (κ2) is 19.8. The van der Waals surface area contributed by atoms with E-state index in [0.29, 0.717) is 35.8 Å². The van der Waals surface area contributed by atoms with Gasteiger partial charge in [0.1, 0.15) is 23.0 Å². The van der Waals surface area contributed by atoms with Gasteiger partial charge in [0.2, 0.25) is 11.8 Å². The van der Waals surface area contributed by atoms with E-state index in [0.717, 1.165) is 11.1 Å². The van der Waals surface area contributed by atoms with Crippen LogP contribution in [0.3, 0.4) is 0 Å². The summed E-state index contributed by atoms with van der Waals surface area (Å²) < 4.78 is 22.8. The number of amides is 2. The van der Waals surface area contributed by atoms with Gasteiger partial charge in [-0.25, -0.2) is 0 Å². The van der Waals surface area contributed by atoms with Crippen LogP contribution in [-0.2, 0) is 46.5 Å². The van der Waals surface area contributed by atoms with Crippen molar-refractivity contribution in [2.45, 2.75) is 72.8 Å². The van der Waals surface area contributed by atoms with Crippen LogP contribution in [0.25, 0.3) is 0 Å². The van der Waals surface area contributed by atoms with Crippen LogP contribution >= 0.6 is 0 Å². The Labute approximate surface area is 339 Å². The number of carboxylic acid groups (broad SMARTS) is 1. The summed E-state index contributed by atoms with van der Waals surface area (Å²) in [5.74, 6) is -9.27. The Bertz CT molecular complexity index is 2000. The molecule has 0 spiro atoms. The second-order valence-corrected chi connectivity index (χ2v) is 14.7.